The third-order valence-electron chi connectivity index (χ3n) is 2.76. The van der Waals surface area contributed by atoms with Gasteiger partial charge in [-0.1, -0.05) is 0 Å². The Balaban J connectivity index is 0. The van der Waals surface area contributed by atoms with Crippen molar-refractivity contribution in [3.8, 4) is 0 Å². The Kier molecular flexibility index (Phi) is 10.4. The van der Waals surface area contributed by atoms with Crippen LogP contribution >= 0.6 is 0 Å². The number of alkyl halides is 12. The average Bonchev–Trinajstić information content (AvgIpc) is 2.48. The summed E-state index contributed by atoms with van der Waals surface area (Å²) in [5.41, 5.74) is -5.31. The molecule has 0 aromatic heterocycles. The van der Waals surface area contributed by atoms with Gasteiger partial charge in [0, 0.05) is 0 Å². The molecule has 0 radical (unpaired) electrons. The van der Waals surface area contributed by atoms with Crippen LogP contribution in [0.3, 0.4) is 0 Å². The molecule has 3 nitrogen and oxygen atoms in total. The fraction of sp³-hybridized carbons (Fsp3) is 1.00. The first-order valence-electron chi connectivity index (χ1n) is 5.73. The number of hydrogen-bond acceptors (Lipinski definition) is 3. The van der Waals surface area contributed by atoms with Crippen molar-refractivity contribution in [1.82, 2.24) is 0 Å². The van der Waals surface area contributed by atoms with E-state index in [4.69, 9.17) is 0 Å². The summed E-state index contributed by atoms with van der Waals surface area (Å²) in [4.78, 5) is 0. The zero-order valence-corrected chi connectivity index (χ0v) is 15.0. The van der Waals surface area contributed by atoms with Crippen LogP contribution in [0.5, 0.6) is 0 Å². The summed E-state index contributed by atoms with van der Waals surface area (Å²) in [6.45, 7) is 0. The molecule has 152 valence electrons. The Morgan fingerprint density at radius 3 is 1.31 bits per heavy atom. The van der Waals surface area contributed by atoms with Gasteiger partial charge in [0.25, 0.3) is 11.9 Å². The Labute approximate surface area is 160 Å². The van der Waals surface area contributed by atoms with Gasteiger partial charge in [-0.05, 0) is 0 Å². The second kappa shape index (κ2) is 9.52. The van der Waals surface area contributed by atoms with Gasteiger partial charge in [0.2, 0.25) is 6.17 Å². The summed E-state index contributed by atoms with van der Waals surface area (Å²) in [6, 6.07) is 0. The molecule has 0 saturated heterocycles. The smallest absolute Gasteiger partial charge is 0.746 e. The fourth-order valence-corrected chi connectivity index (χ4v) is 1.89. The molecule has 6 atom stereocenters. The van der Waals surface area contributed by atoms with E-state index in [1.807, 2.05) is 0 Å². The van der Waals surface area contributed by atoms with E-state index in [1.54, 1.807) is 0 Å². The standard InChI is InChI=1S/C9H8F12O3S.Na/c10-1(2(11)4(13)6(15)16)3(12)5(14)8(18,19)9(20,21)7(17)25(22,23)24;/h1-7H,(H,22,23,24);/q;+1/p-1. The summed E-state index contributed by atoms with van der Waals surface area (Å²) in [5, 5.41) is 0. The van der Waals surface area contributed by atoms with Crippen LogP contribution in [0.1, 0.15) is 0 Å². The molecule has 0 saturated carbocycles. The van der Waals surface area contributed by atoms with E-state index in [9.17, 15) is 65.7 Å². The second-order valence-corrected chi connectivity index (χ2v) is 5.97. The molecule has 0 bridgehead atoms. The Bertz CT molecular complexity index is 546. The molecular weight excluding hydrogens is 439 g/mol. The fourth-order valence-electron chi connectivity index (χ4n) is 1.37. The van der Waals surface area contributed by atoms with Gasteiger partial charge in [0.05, 0.1) is 0 Å². The third-order valence-corrected chi connectivity index (χ3v) is 3.57. The number of halogens is 12. The van der Waals surface area contributed by atoms with E-state index in [-0.39, 0.29) is 29.6 Å². The van der Waals surface area contributed by atoms with Crippen molar-refractivity contribution in [3.05, 3.63) is 0 Å². The van der Waals surface area contributed by atoms with Crippen LogP contribution in [0.4, 0.5) is 52.7 Å². The quantitative estimate of drug-likeness (QED) is 0.286. The minimum Gasteiger partial charge on any atom is -0.746 e. The zero-order chi connectivity index (χ0) is 20.5. The molecule has 0 aliphatic carbocycles. The summed E-state index contributed by atoms with van der Waals surface area (Å²) >= 11 is 0. The van der Waals surface area contributed by atoms with Crippen LogP contribution in [0.2, 0.25) is 0 Å². The minimum atomic E-state index is -6.83. The van der Waals surface area contributed by atoms with Crippen molar-refractivity contribution in [1.29, 1.82) is 0 Å². The maximum Gasteiger partial charge on any atom is 1.00 e. The predicted octanol–water partition coefficient (Wildman–Crippen LogP) is 0.0574. The third kappa shape index (κ3) is 5.78. The van der Waals surface area contributed by atoms with Crippen LogP contribution in [-0.4, -0.2) is 67.6 Å². The first-order chi connectivity index (χ1) is 10.9. The zero-order valence-electron chi connectivity index (χ0n) is 12.2. The molecule has 6 unspecified atom stereocenters. The largest absolute Gasteiger partial charge is 1.00 e. The van der Waals surface area contributed by atoms with E-state index in [2.05, 4.69) is 0 Å². The molecule has 0 aromatic rings. The first-order valence-corrected chi connectivity index (χ1v) is 7.20. The number of hydrogen-bond donors (Lipinski definition) is 0. The van der Waals surface area contributed by atoms with Gasteiger partial charge in [-0.2, -0.15) is 17.6 Å². The Morgan fingerprint density at radius 1 is 0.654 bits per heavy atom. The number of rotatable bonds is 9. The normalized spacial score (nSPS) is 20.7. The van der Waals surface area contributed by atoms with Crippen molar-refractivity contribution in [2.24, 2.45) is 0 Å². The average molecular weight is 446 g/mol. The van der Waals surface area contributed by atoms with Crippen LogP contribution in [-0.2, 0) is 10.1 Å². The molecule has 0 heterocycles. The molecule has 0 fully saturated rings. The molecular formula is C9H7F12NaO3S. The van der Waals surface area contributed by atoms with Crippen molar-refractivity contribution >= 4 is 10.1 Å². The van der Waals surface area contributed by atoms with Crippen LogP contribution in [0.15, 0.2) is 0 Å². The van der Waals surface area contributed by atoms with Crippen molar-refractivity contribution in [2.45, 2.75) is 54.6 Å². The van der Waals surface area contributed by atoms with E-state index in [0.717, 1.165) is 0 Å². The van der Waals surface area contributed by atoms with E-state index < -0.39 is 64.8 Å². The van der Waals surface area contributed by atoms with E-state index >= 15 is 0 Å². The van der Waals surface area contributed by atoms with Gasteiger partial charge in [0.1, 0.15) is 10.1 Å². The monoisotopic (exact) mass is 446 g/mol. The molecule has 0 rings (SSSR count). The summed E-state index contributed by atoms with van der Waals surface area (Å²) in [6.07, 6.45) is -27.2. The van der Waals surface area contributed by atoms with Crippen molar-refractivity contribution in [2.75, 3.05) is 0 Å². The predicted molar refractivity (Wildman–Crippen MR) is 55.0 cm³/mol. The topological polar surface area (TPSA) is 57.2 Å². The van der Waals surface area contributed by atoms with Gasteiger partial charge in [-0.15, -0.1) is 0 Å². The molecule has 0 amide bonds. The minimum absolute atomic E-state index is 0. The van der Waals surface area contributed by atoms with Gasteiger partial charge in [-0.3, -0.25) is 0 Å². The molecule has 0 aromatic carbocycles. The first kappa shape index (κ1) is 28.3. The summed E-state index contributed by atoms with van der Waals surface area (Å²) in [7, 11) is -6.83. The Morgan fingerprint density at radius 2 is 1.00 bits per heavy atom. The van der Waals surface area contributed by atoms with E-state index in [1.165, 1.54) is 0 Å². The maximum absolute atomic E-state index is 13.1. The van der Waals surface area contributed by atoms with Crippen LogP contribution in [0, 0.1) is 0 Å². The van der Waals surface area contributed by atoms with Gasteiger partial charge in [0.15, 0.2) is 24.7 Å². The van der Waals surface area contributed by atoms with Gasteiger partial charge in [-0.25, -0.2) is 43.5 Å². The van der Waals surface area contributed by atoms with Crippen molar-refractivity contribution < 1.29 is 95.2 Å². The maximum atomic E-state index is 13.1. The van der Waals surface area contributed by atoms with E-state index in [0.29, 0.717) is 0 Å². The SMILES string of the molecule is O=S(=O)([O-])C(F)C(F)(F)C(F)(F)C(F)C(F)C(F)C(F)C(F)C(F)F.[Na+]. The molecule has 0 spiro atoms. The molecule has 26 heavy (non-hydrogen) atoms. The summed E-state index contributed by atoms with van der Waals surface area (Å²) in [5.74, 6) is -13.5. The Hall–Kier alpha value is 0.0700. The van der Waals surface area contributed by atoms with Crippen LogP contribution in [0.25, 0.3) is 0 Å². The van der Waals surface area contributed by atoms with Gasteiger partial charge < -0.3 is 4.55 Å². The van der Waals surface area contributed by atoms with Gasteiger partial charge >= 0.3 is 41.4 Å². The second-order valence-electron chi connectivity index (χ2n) is 4.57. The molecule has 0 aliphatic rings. The molecule has 17 heteroatoms. The summed E-state index contributed by atoms with van der Waals surface area (Å²) < 4.78 is 183. The molecule has 0 aliphatic heterocycles. The van der Waals surface area contributed by atoms with Crippen LogP contribution < -0.4 is 29.6 Å². The molecule has 0 N–H and O–H groups in total. The van der Waals surface area contributed by atoms with Crippen molar-refractivity contribution in [3.63, 3.8) is 0 Å².